The Kier molecular flexibility index (Phi) is 5.31. The molecule has 1 aliphatic heterocycles. The standard InChI is InChI=1S/C18H25N3O2/c1-20-14-19-10-17(20)12-21-7-8-23-13-16(11-21)9-15-3-5-18(22-2)6-4-15/h3-6,10,14,16H,7-9,11-13H2,1-2H3/t16-/m0/s1. The number of rotatable bonds is 5. The van der Waals surface area contributed by atoms with E-state index in [0.29, 0.717) is 5.92 Å². The fraction of sp³-hybridized carbons (Fsp3) is 0.500. The molecule has 0 radical (unpaired) electrons. The monoisotopic (exact) mass is 315 g/mol. The highest BCUT2D eigenvalue weighted by Crippen LogP contribution is 2.18. The van der Waals surface area contributed by atoms with Crippen LogP contribution >= 0.6 is 0 Å². The van der Waals surface area contributed by atoms with Crippen molar-refractivity contribution < 1.29 is 9.47 Å². The molecule has 0 spiro atoms. The maximum atomic E-state index is 5.82. The molecule has 1 saturated heterocycles. The van der Waals surface area contributed by atoms with Gasteiger partial charge in [-0.05, 0) is 30.0 Å². The Morgan fingerprint density at radius 1 is 1.30 bits per heavy atom. The molecule has 0 aliphatic carbocycles. The molecule has 3 rings (SSSR count). The van der Waals surface area contributed by atoms with E-state index in [4.69, 9.17) is 9.47 Å². The van der Waals surface area contributed by atoms with E-state index in [0.717, 1.165) is 45.0 Å². The molecular formula is C18H25N3O2. The highest BCUT2D eigenvalue weighted by atomic mass is 16.5. The maximum Gasteiger partial charge on any atom is 0.118 e. The van der Waals surface area contributed by atoms with E-state index in [2.05, 4.69) is 26.6 Å². The van der Waals surface area contributed by atoms with E-state index >= 15 is 0 Å². The topological polar surface area (TPSA) is 39.5 Å². The van der Waals surface area contributed by atoms with Crippen LogP contribution in [0.2, 0.25) is 0 Å². The normalized spacial score (nSPS) is 19.5. The zero-order valence-electron chi connectivity index (χ0n) is 13.9. The molecule has 1 aromatic carbocycles. The first-order chi connectivity index (χ1) is 11.2. The number of benzene rings is 1. The molecular weight excluding hydrogens is 290 g/mol. The van der Waals surface area contributed by atoms with Crippen LogP contribution in [0.1, 0.15) is 11.3 Å². The van der Waals surface area contributed by atoms with Crippen molar-refractivity contribution in [2.75, 3.05) is 33.4 Å². The van der Waals surface area contributed by atoms with Crippen LogP contribution in [0, 0.1) is 5.92 Å². The van der Waals surface area contributed by atoms with Crippen LogP contribution in [-0.2, 0) is 24.8 Å². The molecule has 1 aromatic heterocycles. The third-order valence-corrected chi connectivity index (χ3v) is 4.41. The van der Waals surface area contributed by atoms with Crippen molar-refractivity contribution in [3.8, 4) is 5.75 Å². The van der Waals surface area contributed by atoms with Crippen LogP contribution in [0.15, 0.2) is 36.8 Å². The fourth-order valence-electron chi connectivity index (χ4n) is 3.08. The largest absolute Gasteiger partial charge is 0.497 e. The van der Waals surface area contributed by atoms with Crippen LogP contribution in [0.5, 0.6) is 5.75 Å². The van der Waals surface area contributed by atoms with Crippen molar-refractivity contribution in [2.24, 2.45) is 13.0 Å². The van der Waals surface area contributed by atoms with Gasteiger partial charge in [0.15, 0.2) is 0 Å². The first-order valence-corrected chi connectivity index (χ1v) is 8.13. The number of hydrogen-bond acceptors (Lipinski definition) is 4. The first kappa shape index (κ1) is 16.0. The van der Waals surface area contributed by atoms with Gasteiger partial charge in [-0.1, -0.05) is 12.1 Å². The number of aromatic nitrogens is 2. The second-order valence-electron chi connectivity index (χ2n) is 6.22. The number of nitrogens with zero attached hydrogens (tertiary/aromatic N) is 3. The van der Waals surface area contributed by atoms with Gasteiger partial charge in [-0.15, -0.1) is 0 Å². The highest BCUT2D eigenvalue weighted by Gasteiger charge is 2.20. The zero-order chi connectivity index (χ0) is 16.1. The minimum absolute atomic E-state index is 0.513. The Labute approximate surface area is 137 Å². The van der Waals surface area contributed by atoms with Crippen molar-refractivity contribution in [1.82, 2.24) is 14.5 Å². The summed E-state index contributed by atoms with van der Waals surface area (Å²) >= 11 is 0. The van der Waals surface area contributed by atoms with Gasteiger partial charge in [0.1, 0.15) is 5.75 Å². The minimum atomic E-state index is 0.513. The Balaban J connectivity index is 1.61. The summed E-state index contributed by atoms with van der Waals surface area (Å²) in [7, 11) is 3.75. The third-order valence-electron chi connectivity index (χ3n) is 4.41. The zero-order valence-corrected chi connectivity index (χ0v) is 13.9. The van der Waals surface area contributed by atoms with E-state index in [-0.39, 0.29) is 0 Å². The van der Waals surface area contributed by atoms with Gasteiger partial charge in [0.2, 0.25) is 0 Å². The Bertz CT molecular complexity index is 609. The Morgan fingerprint density at radius 3 is 2.83 bits per heavy atom. The summed E-state index contributed by atoms with van der Waals surface area (Å²) in [6.45, 7) is 4.59. The number of imidazole rings is 1. The number of aryl methyl sites for hydroxylation is 1. The summed E-state index contributed by atoms with van der Waals surface area (Å²) in [6.07, 6.45) is 4.84. The molecule has 0 amide bonds. The van der Waals surface area contributed by atoms with Gasteiger partial charge in [0.05, 0.1) is 32.3 Å². The van der Waals surface area contributed by atoms with Gasteiger partial charge in [-0.25, -0.2) is 4.98 Å². The van der Waals surface area contributed by atoms with Crippen molar-refractivity contribution in [3.05, 3.63) is 48.0 Å². The lowest BCUT2D eigenvalue weighted by Gasteiger charge is -2.23. The lowest BCUT2D eigenvalue weighted by Crippen LogP contribution is -2.31. The van der Waals surface area contributed by atoms with Gasteiger partial charge < -0.3 is 14.0 Å². The fourth-order valence-corrected chi connectivity index (χ4v) is 3.08. The quantitative estimate of drug-likeness (QED) is 0.847. The van der Waals surface area contributed by atoms with E-state index in [9.17, 15) is 0 Å². The SMILES string of the molecule is COc1ccc(C[C@@H]2COCCN(Cc3cncn3C)C2)cc1. The molecule has 1 fully saturated rings. The van der Waals surface area contributed by atoms with E-state index < -0.39 is 0 Å². The molecule has 1 aliphatic rings. The Hall–Kier alpha value is -1.85. The van der Waals surface area contributed by atoms with Crippen LogP contribution in [0.25, 0.3) is 0 Å². The van der Waals surface area contributed by atoms with Gasteiger partial charge in [-0.3, -0.25) is 4.90 Å². The molecule has 124 valence electrons. The molecule has 5 nitrogen and oxygen atoms in total. The maximum absolute atomic E-state index is 5.82. The molecule has 1 atom stereocenters. The predicted octanol–water partition coefficient (Wildman–Crippen LogP) is 2.12. The molecule has 2 aromatic rings. The molecule has 0 N–H and O–H groups in total. The summed E-state index contributed by atoms with van der Waals surface area (Å²) in [4.78, 5) is 6.68. The van der Waals surface area contributed by atoms with Crippen LogP contribution in [0.3, 0.4) is 0 Å². The average molecular weight is 315 g/mol. The number of hydrogen-bond donors (Lipinski definition) is 0. The average Bonchev–Trinajstić information content (AvgIpc) is 2.83. The molecule has 5 heteroatoms. The summed E-state index contributed by atoms with van der Waals surface area (Å²) in [5.74, 6) is 1.42. The van der Waals surface area contributed by atoms with Crippen LogP contribution < -0.4 is 4.74 Å². The van der Waals surface area contributed by atoms with Crippen LogP contribution in [0.4, 0.5) is 0 Å². The second kappa shape index (κ2) is 7.62. The molecule has 0 saturated carbocycles. The van der Waals surface area contributed by atoms with Gasteiger partial charge in [-0.2, -0.15) is 0 Å². The van der Waals surface area contributed by atoms with Crippen molar-refractivity contribution in [3.63, 3.8) is 0 Å². The van der Waals surface area contributed by atoms with E-state index in [1.807, 2.05) is 31.7 Å². The van der Waals surface area contributed by atoms with Crippen molar-refractivity contribution >= 4 is 0 Å². The van der Waals surface area contributed by atoms with Crippen molar-refractivity contribution in [2.45, 2.75) is 13.0 Å². The summed E-state index contributed by atoms with van der Waals surface area (Å²) in [5.41, 5.74) is 2.58. The van der Waals surface area contributed by atoms with Gasteiger partial charge in [0.25, 0.3) is 0 Å². The molecule has 23 heavy (non-hydrogen) atoms. The number of ether oxygens (including phenoxy) is 2. The Morgan fingerprint density at radius 2 is 2.13 bits per heavy atom. The third kappa shape index (κ3) is 4.33. The molecule has 2 heterocycles. The summed E-state index contributed by atoms with van der Waals surface area (Å²) in [6, 6.07) is 8.35. The second-order valence-corrected chi connectivity index (χ2v) is 6.22. The summed E-state index contributed by atoms with van der Waals surface area (Å²) in [5, 5.41) is 0. The highest BCUT2D eigenvalue weighted by molar-refractivity contribution is 5.27. The molecule has 0 bridgehead atoms. The molecule has 0 unspecified atom stereocenters. The van der Waals surface area contributed by atoms with Gasteiger partial charge in [0, 0.05) is 32.9 Å². The first-order valence-electron chi connectivity index (χ1n) is 8.13. The lowest BCUT2D eigenvalue weighted by molar-refractivity contribution is 0.121. The smallest absolute Gasteiger partial charge is 0.118 e. The minimum Gasteiger partial charge on any atom is -0.497 e. The van der Waals surface area contributed by atoms with E-state index in [1.165, 1.54) is 11.3 Å². The number of methoxy groups -OCH3 is 1. The van der Waals surface area contributed by atoms with Gasteiger partial charge >= 0.3 is 0 Å². The lowest BCUT2D eigenvalue weighted by atomic mass is 9.99. The summed E-state index contributed by atoms with van der Waals surface area (Å²) < 4.78 is 13.1. The van der Waals surface area contributed by atoms with E-state index in [1.54, 1.807) is 7.11 Å². The predicted molar refractivity (Wildman–Crippen MR) is 89.5 cm³/mol. The van der Waals surface area contributed by atoms with Crippen molar-refractivity contribution in [1.29, 1.82) is 0 Å². The van der Waals surface area contributed by atoms with Crippen LogP contribution in [-0.4, -0.2) is 47.9 Å².